The second-order valence-corrected chi connectivity index (χ2v) is 5.23. The van der Waals surface area contributed by atoms with Gasteiger partial charge in [0.15, 0.2) is 0 Å². The van der Waals surface area contributed by atoms with E-state index in [2.05, 4.69) is 17.3 Å². The number of rotatable bonds is 6. The van der Waals surface area contributed by atoms with Crippen LogP contribution in [0.1, 0.15) is 12.0 Å². The maximum atomic E-state index is 5.38. The smallest absolute Gasteiger partial charge is 0.123 e. The van der Waals surface area contributed by atoms with Crippen LogP contribution in [0.2, 0.25) is 0 Å². The Kier molecular flexibility index (Phi) is 5.05. The van der Waals surface area contributed by atoms with Gasteiger partial charge in [-0.05, 0) is 50.7 Å². The first-order valence-corrected chi connectivity index (χ1v) is 6.83. The fourth-order valence-electron chi connectivity index (χ4n) is 2.62. The first-order valence-electron chi connectivity index (χ1n) is 6.83. The summed E-state index contributed by atoms with van der Waals surface area (Å²) in [7, 11) is 5.58. The summed E-state index contributed by atoms with van der Waals surface area (Å²) >= 11 is 0. The summed E-state index contributed by atoms with van der Waals surface area (Å²) in [6.45, 7) is 4.29. The molecule has 4 nitrogen and oxygen atoms in total. The predicted molar refractivity (Wildman–Crippen MR) is 76.9 cm³/mol. The second kappa shape index (κ2) is 6.78. The van der Waals surface area contributed by atoms with Gasteiger partial charge >= 0.3 is 0 Å². The average molecular weight is 264 g/mol. The number of methoxy groups -OCH3 is 2. The summed E-state index contributed by atoms with van der Waals surface area (Å²) in [5.41, 5.74) is 1.15. The zero-order chi connectivity index (χ0) is 13.7. The van der Waals surface area contributed by atoms with Crippen LogP contribution in [-0.2, 0) is 6.54 Å². The van der Waals surface area contributed by atoms with Crippen LogP contribution in [0.4, 0.5) is 0 Å². The SMILES string of the molecule is COc1ccc(OC)c(CNCC2CCN(C)C2)c1. The molecule has 0 aromatic heterocycles. The highest BCUT2D eigenvalue weighted by Gasteiger charge is 2.18. The number of hydrogen-bond acceptors (Lipinski definition) is 4. The zero-order valence-electron chi connectivity index (χ0n) is 12.1. The van der Waals surface area contributed by atoms with E-state index in [0.717, 1.165) is 36.1 Å². The molecule has 1 aromatic rings. The van der Waals surface area contributed by atoms with Gasteiger partial charge in [0.25, 0.3) is 0 Å². The Morgan fingerprint density at radius 3 is 2.79 bits per heavy atom. The highest BCUT2D eigenvalue weighted by molar-refractivity contribution is 5.40. The lowest BCUT2D eigenvalue weighted by Gasteiger charge is -2.14. The third-order valence-electron chi connectivity index (χ3n) is 3.72. The van der Waals surface area contributed by atoms with E-state index in [-0.39, 0.29) is 0 Å². The van der Waals surface area contributed by atoms with Gasteiger partial charge in [-0.15, -0.1) is 0 Å². The highest BCUT2D eigenvalue weighted by atomic mass is 16.5. The van der Waals surface area contributed by atoms with Crippen LogP contribution in [0, 0.1) is 5.92 Å². The quantitative estimate of drug-likeness (QED) is 0.848. The number of nitrogens with zero attached hydrogens (tertiary/aromatic N) is 1. The van der Waals surface area contributed by atoms with Crippen molar-refractivity contribution in [2.75, 3.05) is 40.9 Å². The second-order valence-electron chi connectivity index (χ2n) is 5.23. The third-order valence-corrected chi connectivity index (χ3v) is 3.72. The number of nitrogens with one attached hydrogen (secondary N) is 1. The molecule has 0 amide bonds. The Hall–Kier alpha value is -1.26. The minimum Gasteiger partial charge on any atom is -0.497 e. The Bertz CT molecular complexity index is 409. The average Bonchev–Trinajstić information content (AvgIpc) is 2.84. The minimum atomic E-state index is 0.765. The first kappa shape index (κ1) is 14.2. The Morgan fingerprint density at radius 2 is 2.16 bits per heavy atom. The molecule has 1 atom stereocenters. The maximum absolute atomic E-state index is 5.38. The van der Waals surface area contributed by atoms with Crippen molar-refractivity contribution in [3.05, 3.63) is 23.8 Å². The molecule has 4 heteroatoms. The molecule has 0 bridgehead atoms. The summed E-state index contributed by atoms with van der Waals surface area (Å²) in [6.07, 6.45) is 1.29. The van der Waals surface area contributed by atoms with E-state index in [1.54, 1.807) is 14.2 Å². The molecular formula is C15H24N2O2. The van der Waals surface area contributed by atoms with Gasteiger partial charge in [-0.25, -0.2) is 0 Å². The summed E-state index contributed by atoms with van der Waals surface area (Å²) < 4.78 is 10.6. The number of benzene rings is 1. The Morgan fingerprint density at radius 1 is 1.32 bits per heavy atom. The van der Waals surface area contributed by atoms with Crippen LogP contribution >= 0.6 is 0 Å². The molecule has 0 aliphatic carbocycles. The van der Waals surface area contributed by atoms with Gasteiger partial charge in [0, 0.05) is 18.7 Å². The van der Waals surface area contributed by atoms with Crippen LogP contribution in [0.3, 0.4) is 0 Å². The van der Waals surface area contributed by atoms with Gasteiger partial charge in [0.2, 0.25) is 0 Å². The van der Waals surface area contributed by atoms with Gasteiger partial charge in [0.05, 0.1) is 14.2 Å². The van der Waals surface area contributed by atoms with E-state index >= 15 is 0 Å². The van der Waals surface area contributed by atoms with Crippen molar-refractivity contribution in [1.29, 1.82) is 0 Å². The number of likely N-dealkylation sites (tertiary alicyclic amines) is 1. The molecule has 1 N–H and O–H groups in total. The third kappa shape index (κ3) is 3.85. The topological polar surface area (TPSA) is 33.7 Å². The summed E-state index contributed by atoms with van der Waals surface area (Å²) in [5.74, 6) is 2.55. The number of hydrogen-bond donors (Lipinski definition) is 1. The lowest BCUT2D eigenvalue weighted by Crippen LogP contribution is -2.24. The molecular weight excluding hydrogens is 240 g/mol. The van der Waals surface area contributed by atoms with Gasteiger partial charge in [-0.3, -0.25) is 0 Å². The van der Waals surface area contributed by atoms with E-state index in [1.807, 2.05) is 18.2 Å². The van der Waals surface area contributed by atoms with Crippen LogP contribution in [0.15, 0.2) is 18.2 Å². The van der Waals surface area contributed by atoms with Crippen LogP contribution in [-0.4, -0.2) is 45.8 Å². The summed E-state index contributed by atoms with van der Waals surface area (Å²) in [4.78, 5) is 2.39. The summed E-state index contributed by atoms with van der Waals surface area (Å²) in [6, 6.07) is 5.92. The van der Waals surface area contributed by atoms with E-state index in [1.165, 1.54) is 19.5 Å². The molecule has 1 unspecified atom stereocenters. The number of ether oxygens (including phenoxy) is 2. The minimum absolute atomic E-state index is 0.765. The largest absolute Gasteiger partial charge is 0.497 e. The van der Waals surface area contributed by atoms with Crippen molar-refractivity contribution < 1.29 is 9.47 Å². The molecule has 1 heterocycles. The lowest BCUT2D eigenvalue weighted by atomic mass is 10.1. The fourth-order valence-corrected chi connectivity index (χ4v) is 2.62. The standard InChI is InChI=1S/C15H24N2O2/c1-17-7-6-12(11-17)9-16-10-13-8-14(18-2)4-5-15(13)19-3/h4-5,8,12,16H,6-7,9-11H2,1-3H3. The molecule has 1 saturated heterocycles. The predicted octanol–water partition coefficient (Wildman–Crippen LogP) is 1.75. The molecule has 2 rings (SSSR count). The monoisotopic (exact) mass is 264 g/mol. The molecule has 1 aliphatic rings. The van der Waals surface area contributed by atoms with E-state index in [9.17, 15) is 0 Å². The zero-order valence-corrected chi connectivity index (χ0v) is 12.1. The van der Waals surface area contributed by atoms with Crippen molar-refractivity contribution >= 4 is 0 Å². The van der Waals surface area contributed by atoms with E-state index < -0.39 is 0 Å². The van der Waals surface area contributed by atoms with E-state index in [4.69, 9.17) is 9.47 Å². The van der Waals surface area contributed by atoms with Crippen molar-refractivity contribution in [2.24, 2.45) is 5.92 Å². The van der Waals surface area contributed by atoms with Crippen molar-refractivity contribution in [3.63, 3.8) is 0 Å². The molecule has 0 spiro atoms. The molecule has 106 valence electrons. The Labute approximate surface area is 115 Å². The van der Waals surface area contributed by atoms with Crippen LogP contribution in [0.5, 0.6) is 11.5 Å². The Balaban J connectivity index is 1.87. The summed E-state index contributed by atoms with van der Waals surface area (Å²) in [5, 5.41) is 3.53. The first-order chi connectivity index (χ1) is 9.22. The molecule has 19 heavy (non-hydrogen) atoms. The lowest BCUT2D eigenvalue weighted by molar-refractivity contribution is 0.383. The van der Waals surface area contributed by atoms with Gasteiger partial charge < -0.3 is 19.7 Å². The molecule has 1 aliphatic heterocycles. The van der Waals surface area contributed by atoms with Crippen molar-refractivity contribution in [3.8, 4) is 11.5 Å². The molecule has 0 saturated carbocycles. The molecule has 1 aromatic carbocycles. The van der Waals surface area contributed by atoms with Gasteiger partial charge in [-0.1, -0.05) is 0 Å². The van der Waals surface area contributed by atoms with Gasteiger partial charge in [0.1, 0.15) is 11.5 Å². The van der Waals surface area contributed by atoms with Crippen LogP contribution < -0.4 is 14.8 Å². The molecule has 0 radical (unpaired) electrons. The van der Waals surface area contributed by atoms with Gasteiger partial charge in [-0.2, -0.15) is 0 Å². The van der Waals surface area contributed by atoms with Crippen molar-refractivity contribution in [1.82, 2.24) is 10.2 Å². The highest BCUT2D eigenvalue weighted by Crippen LogP contribution is 2.24. The van der Waals surface area contributed by atoms with Crippen molar-refractivity contribution in [2.45, 2.75) is 13.0 Å². The van der Waals surface area contributed by atoms with Crippen LogP contribution in [0.25, 0.3) is 0 Å². The van der Waals surface area contributed by atoms with E-state index in [0.29, 0.717) is 0 Å². The normalized spacial score (nSPS) is 19.6. The maximum Gasteiger partial charge on any atom is 0.123 e. The molecule has 1 fully saturated rings. The fraction of sp³-hybridized carbons (Fsp3) is 0.600.